The van der Waals surface area contributed by atoms with E-state index in [0.717, 1.165) is 11.6 Å². The van der Waals surface area contributed by atoms with Crippen LogP contribution >= 0.6 is 22.9 Å². The molecule has 1 heterocycles. The molecule has 0 saturated heterocycles. The summed E-state index contributed by atoms with van der Waals surface area (Å²) in [6, 6.07) is 11.3. The number of carbonyl (C=O) groups excluding carboxylic acids is 1. The van der Waals surface area contributed by atoms with E-state index in [-0.39, 0.29) is 29.4 Å². The molecule has 0 spiro atoms. The lowest BCUT2D eigenvalue weighted by Crippen LogP contribution is -2.20. The molecule has 0 aliphatic rings. The standard InChI is InChI=1S/C23H22ClF3N2O2S/c1-22(2,3)15-5-7-16(8-6-15)31-13-20(30)29-21-28-12-17(32-21)10-14-4-9-19(24)18(11-14)23(25,26)27/h4-9,11-12H,10,13H2,1-3H3,(H,28,29,30). The van der Waals surface area contributed by atoms with Crippen molar-refractivity contribution in [1.82, 2.24) is 4.98 Å². The fourth-order valence-corrected chi connectivity index (χ4v) is 3.99. The first-order valence-electron chi connectivity index (χ1n) is 9.75. The predicted molar refractivity (Wildman–Crippen MR) is 121 cm³/mol. The van der Waals surface area contributed by atoms with Crippen LogP contribution in [0.4, 0.5) is 18.3 Å². The molecule has 9 heteroatoms. The number of amides is 1. The third-order valence-corrected chi connectivity index (χ3v) is 5.85. The summed E-state index contributed by atoms with van der Waals surface area (Å²) in [7, 11) is 0. The fourth-order valence-electron chi connectivity index (χ4n) is 2.90. The van der Waals surface area contributed by atoms with Gasteiger partial charge in [0.05, 0.1) is 10.6 Å². The van der Waals surface area contributed by atoms with Crippen LogP contribution in [0.15, 0.2) is 48.7 Å². The Kier molecular flexibility index (Phi) is 7.15. The maximum Gasteiger partial charge on any atom is 0.417 e. The highest BCUT2D eigenvalue weighted by atomic mass is 35.5. The maximum atomic E-state index is 13.0. The van der Waals surface area contributed by atoms with E-state index in [1.165, 1.54) is 29.7 Å². The molecule has 0 aliphatic heterocycles. The third kappa shape index (κ3) is 6.46. The second kappa shape index (κ2) is 9.50. The van der Waals surface area contributed by atoms with Crippen LogP contribution in [0, 0.1) is 0 Å². The lowest BCUT2D eigenvalue weighted by molar-refractivity contribution is -0.137. The quantitative estimate of drug-likeness (QED) is 0.424. The van der Waals surface area contributed by atoms with Gasteiger partial charge in [0.15, 0.2) is 11.7 Å². The van der Waals surface area contributed by atoms with Crippen LogP contribution in [0.1, 0.15) is 42.3 Å². The van der Waals surface area contributed by atoms with Gasteiger partial charge in [-0.3, -0.25) is 10.1 Å². The Morgan fingerprint density at radius 1 is 1.12 bits per heavy atom. The van der Waals surface area contributed by atoms with Gasteiger partial charge in [-0.15, -0.1) is 11.3 Å². The Morgan fingerprint density at radius 3 is 2.44 bits per heavy atom. The molecule has 0 unspecified atom stereocenters. The molecule has 32 heavy (non-hydrogen) atoms. The number of nitrogens with one attached hydrogen (secondary N) is 1. The van der Waals surface area contributed by atoms with Crippen molar-refractivity contribution in [2.75, 3.05) is 11.9 Å². The summed E-state index contributed by atoms with van der Waals surface area (Å²) in [5.74, 6) is 0.202. The summed E-state index contributed by atoms with van der Waals surface area (Å²) in [6.45, 7) is 6.15. The Morgan fingerprint density at radius 2 is 1.81 bits per heavy atom. The first-order valence-corrected chi connectivity index (χ1v) is 10.9. The number of hydrogen-bond acceptors (Lipinski definition) is 4. The number of thiazole rings is 1. The summed E-state index contributed by atoms with van der Waals surface area (Å²) in [5, 5.41) is 2.65. The number of alkyl halides is 3. The van der Waals surface area contributed by atoms with Crippen LogP contribution in [0.2, 0.25) is 5.02 Å². The predicted octanol–water partition coefficient (Wildman–Crippen LogP) is 6.72. The molecule has 0 fully saturated rings. The summed E-state index contributed by atoms with van der Waals surface area (Å²) < 4.78 is 44.6. The van der Waals surface area contributed by atoms with Gasteiger partial charge < -0.3 is 4.74 Å². The first-order chi connectivity index (χ1) is 14.9. The average molecular weight is 483 g/mol. The van der Waals surface area contributed by atoms with Crippen LogP contribution < -0.4 is 10.1 Å². The van der Waals surface area contributed by atoms with Crippen LogP contribution in [-0.2, 0) is 22.8 Å². The number of anilines is 1. The Labute approximate surface area is 193 Å². The number of halogens is 4. The monoisotopic (exact) mass is 482 g/mol. The van der Waals surface area contributed by atoms with Crippen molar-refractivity contribution in [1.29, 1.82) is 0 Å². The second-order valence-electron chi connectivity index (χ2n) is 8.23. The lowest BCUT2D eigenvalue weighted by Gasteiger charge is -2.19. The van der Waals surface area contributed by atoms with Crippen LogP contribution in [0.5, 0.6) is 5.75 Å². The first kappa shape index (κ1) is 24.1. The Bertz CT molecular complexity index is 1090. The maximum absolute atomic E-state index is 13.0. The van der Waals surface area contributed by atoms with Gasteiger partial charge in [-0.25, -0.2) is 4.98 Å². The molecular formula is C23H22ClF3N2O2S. The zero-order chi connectivity index (χ0) is 23.5. The van der Waals surface area contributed by atoms with Crippen molar-refractivity contribution in [3.8, 4) is 5.75 Å². The van der Waals surface area contributed by atoms with Gasteiger partial charge in [0.25, 0.3) is 5.91 Å². The molecule has 4 nitrogen and oxygen atoms in total. The second-order valence-corrected chi connectivity index (χ2v) is 9.75. The van der Waals surface area contributed by atoms with E-state index in [2.05, 4.69) is 31.1 Å². The van der Waals surface area contributed by atoms with Gasteiger partial charge in [0, 0.05) is 17.5 Å². The van der Waals surface area contributed by atoms with E-state index in [4.69, 9.17) is 16.3 Å². The minimum atomic E-state index is -4.52. The number of hydrogen-bond donors (Lipinski definition) is 1. The molecule has 1 amide bonds. The summed E-state index contributed by atoms with van der Waals surface area (Å²) in [6.07, 6.45) is -2.76. The molecule has 0 bridgehead atoms. The normalized spacial score (nSPS) is 12.0. The van der Waals surface area contributed by atoms with Gasteiger partial charge in [0.1, 0.15) is 5.75 Å². The van der Waals surface area contributed by atoms with E-state index in [1.54, 1.807) is 0 Å². The smallest absolute Gasteiger partial charge is 0.417 e. The van der Waals surface area contributed by atoms with E-state index >= 15 is 0 Å². The van der Waals surface area contributed by atoms with Crippen LogP contribution in [0.3, 0.4) is 0 Å². The molecular weight excluding hydrogens is 461 g/mol. The van der Waals surface area contributed by atoms with Crippen molar-refractivity contribution in [2.45, 2.75) is 38.8 Å². The molecule has 0 atom stereocenters. The number of rotatable bonds is 6. The van der Waals surface area contributed by atoms with Crippen molar-refractivity contribution in [3.05, 3.63) is 75.3 Å². The summed E-state index contributed by atoms with van der Waals surface area (Å²) in [5.41, 5.74) is 0.763. The number of ether oxygens (including phenoxy) is 1. The largest absolute Gasteiger partial charge is 0.484 e. The highest BCUT2D eigenvalue weighted by molar-refractivity contribution is 7.15. The average Bonchev–Trinajstić information content (AvgIpc) is 3.13. The number of nitrogens with zero attached hydrogens (tertiary/aromatic N) is 1. The molecule has 2 aromatic carbocycles. The van der Waals surface area contributed by atoms with Gasteiger partial charge >= 0.3 is 6.18 Å². The zero-order valence-electron chi connectivity index (χ0n) is 17.7. The van der Waals surface area contributed by atoms with E-state index in [1.807, 2.05) is 24.3 Å². The van der Waals surface area contributed by atoms with Gasteiger partial charge in [-0.05, 0) is 40.8 Å². The minimum Gasteiger partial charge on any atom is -0.484 e. The lowest BCUT2D eigenvalue weighted by atomic mass is 9.87. The van der Waals surface area contributed by atoms with Gasteiger partial charge in [-0.2, -0.15) is 13.2 Å². The van der Waals surface area contributed by atoms with Crippen molar-refractivity contribution >= 4 is 34.0 Å². The van der Waals surface area contributed by atoms with Crippen molar-refractivity contribution in [2.24, 2.45) is 0 Å². The SMILES string of the molecule is CC(C)(C)c1ccc(OCC(=O)Nc2ncc(Cc3ccc(Cl)c(C(F)(F)F)c3)s2)cc1. The molecule has 1 aromatic heterocycles. The van der Waals surface area contributed by atoms with Gasteiger partial charge in [0.2, 0.25) is 0 Å². The highest BCUT2D eigenvalue weighted by Crippen LogP contribution is 2.35. The van der Waals surface area contributed by atoms with E-state index < -0.39 is 11.7 Å². The topological polar surface area (TPSA) is 51.2 Å². The van der Waals surface area contributed by atoms with Crippen LogP contribution in [0.25, 0.3) is 0 Å². The summed E-state index contributed by atoms with van der Waals surface area (Å²) >= 11 is 6.84. The fraction of sp³-hybridized carbons (Fsp3) is 0.304. The molecule has 0 radical (unpaired) electrons. The number of aromatic nitrogens is 1. The third-order valence-electron chi connectivity index (χ3n) is 4.60. The Balaban J connectivity index is 1.55. The van der Waals surface area contributed by atoms with Crippen molar-refractivity contribution < 1.29 is 22.7 Å². The molecule has 0 saturated carbocycles. The molecule has 170 valence electrons. The van der Waals surface area contributed by atoms with E-state index in [0.29, 0.717) is 21.3 Å². The van der Waals surface area contributed by atoms with Crippen molar-refractivity contribution in [3.63, 3.8) is 0 Å². The molecule has 1 N–H and O–H groups in total. The van der Waals surface area contributed by atoms with Crippen LogP contribution in [-0.4, -0.2) is 17.5 Å². The summed E-state index contributed by atoms with van der Waals surface area (Å²) in [4.78, 5) is 17.0. The zero-order valence-corrected chi connectivity index (χ0v) is 19.3. The molecule has 0 aliphatic carbocycles. The van der Waals surface area contributed by atoms with Gasteiger partial charge in [-0.1, -0.05) is 50.6 Å². The molecule has 3 rings (SSSR count). The molecule has 3 aromatic rings. The minimum absolute atomic E-state index is 0.0266. The number of carbonyl (C=O) groups is 1. The number of benzene rings is 2. The van der Waals surface area contributed by atoms with E-state index in [9.17, 15) is 18.0 Å². The Hall–Kier alpha value is -2.58. The highest BCUT2D eigenvalue weighted by Gasteiger charge is 2.33.